The first-order chi connectivity index (χ1) is 43.3. The van der Waals surface area contributed by atoms with Gasteiger partial charge >= 0.3 is 0 Å². The minimum absolute atomic E-state index is 0. The molecule has 4 aromatic carbocycles. The summed E-state index contributed by atoms with van der Waals surface area (Å²) >= 11 is 0. The van der Waals surface area contributed by atoms with Gasteiger partial charge in [-0.25, -0.2) is 29.9 Å². The van der Waals surface area contributed by atoms with E-state index in [1.807, 2.05) is 104 Å². The van der Waals surface area contributed by atoms with Crippen LogP contribution in [0.1, 0.15) is 55.4 Å². The van der Waals surface area contributed by atoms with E-state index < -0.39 is 0 Å². The Hall–Kier alpha value is -7.06. The second-order valence-corrected chi connectivity index (χ2v) is 19.4. The molecule has 0 amide bonds. The van der Waals surface area contributed by atoms with E-state index in [0.29, 0.717) is 241 Å². The normalized spacial score (nSPS) is 11.6. The van der Waals surface area contributed by atoms with Crippen LogP contribution in [0, 0.1) is 0 Å². The van der Waals surface area contributed by atoms with Gasteiger partial charge in [0.2, 0.25) is 0 Å². The molecule has 7 aromatic rings. The van der Waals surface area contributed by atoms with Crippen LogP contribution in [0.3, 0.4) is 0 Å². The van der Waals surface area contributed by atoms with Crippen molar-refractivity contribution in [3.8, 4) is 91.5 Å². The molecule has 2 aliphatic heterocycles. The van der Waals surface area contributed by atoms with Gasteiger partial charge in [0, 0.05) is 116 Å². The van der Waals surface area contributed by atoms with Crippen molar-refractivity contribution >= 4 is 44.1 Å². The molecule has 0 saturated heterocycles. The minimum atomic E-state index is 0. The Kier molecular flexibility index (Phi) is 27.0. The molecule has 0 atom stereocenters. The molecule has 5 heterocycles. The maximum absolute atomic E-state index is 6.44. The Morgan fingerprint density at radius 1 is 0.236 bits per heavy atom. The number of fused-ring (bicyclic) bond motifs is 20. The van der Waals surface area contributed by atoms with E-state index in [1.165, 1.54) is 0 Å². The quantitative estimate of drug-likeness (QED) is 0.0267. The molecule has 0 unspecified atom stereocenters. The molecule has 0 fully saturated rings. The van der Waals surface area contributed by atoms with Gasteiger partial charge in [-0.2, -0.15) is 0 Å². The first kappa shape index (κ1) is 67.9. The Morgan fingerprint density at radius 3 is 0.573 bits per heavy atom. The van der Waals surface area contributed by atoms with E-state index in [-0.39, 0.29) is 72.3 Å². The minimum Gasteiger partial charge on any atom is -0.487 e. The maximum atomic E-state index is 6.44. The molecule has 0 saturated carbocycles. The van der Waals surface area contributed by atoms with Crippen molar-refractivity contribution in [2.45, 2.75) is 55.4 Å². The molecule has 0 radical (unpaired) electrons. The molecule has 0 spiro atoms. The summed E-state index contributed by atoms with van der Waals surface area (Å²) in [7, 11) is 0. The zero-order valence-electron chi connectivity index (χ0n) is 52.5. The Bertz CT molecular complexity index is 3120. The topological polar surface area (TPSA) is 257 Å². The third kappa shape index (κ3) is 17.7. The van der Waals surface area contributed by atoms with Gasteiger partial charge in [0.05, 0.1) is 52.9 Å². The number of hydrogen-bond acceptors (Lipinski definition) is 22. The fourth-order valence-corrected chi connectivity index (χ4v) is 9.56. The second kappa shape index (κ2) is 35.4. The molecule has 2 aliphatic rings. The van der Waals surface area contributed by atoms with Crippen molar-refractivity contribution in [2.75, 3.05) is 159 Å². The second-order valence-electron chi connectivity index (χ2n) is 19.4. The molecule has 3 aromatic heterocycles. The van der Waals surface area contributed by atoms with E-state index in [9.17, 15) is 0 Å². The van der Waals surface area contributed by atoms with Gasteiger partial charge in [-0.05, 0) is 104 Å². The fraction of sp³-hybridized carbons (Fsp3) is 0.500. The van der Waals surface area contributed by atoms with Crippen molar-refractivity contribution in [2.24, 2.45) is 0 Å². The van der Waals surface area contributed by atoms with Crippen LogP contribution in [0.2, 0.25) is 0 Å². The Labute approximate surface area is 530 Å². The summed E-state index contributed by atoms with van der Waals surface area (Å²) in [6.45, 7) is 24.5. The summed E-state index contributed by atoms with van der Waals surface area (Å²) in [6.07, 6.45) is 0. The van der Waals surface area contributed by atoms with E-state index in [1.54, 1.807) is 0 Å². The van der Waals surface area contributed by atoms with Gasteiger partial charge in [-0.1, -0.05) is 0 Å². The number of H-pyrrole nitrogens is 2. The molecular weight excluding hydrogens is 1200 g/mol. The smallest absolute Gasteiger partial charge is 0.164 e. The van der Waals surface area contributed by atoms with Gasteiger partial charge in [0.1, 0.15) is 75.4 Å². The number of nitrogens with zero attached hydrogens (tertiary/aromatic N) is 6. The fourth-order valence-electron chi connectivity index (χ4n) is 9.56. The predicted octanol–water partition coefficient (Wildman–Crippen LogP) is 10.2. The van der Waals surface area contributed by atoms with Crippen LogP contribution in [0.25, 0.3) is 89.7 Å². The zero-order valence-corrected chi connectivity index (χ0v) is 55.5. The van der Waals surface area contributed by atoms with Crippen molar-refractivity contribution < 1.29 is 95.3 Å². The molecule has 0 aliphatic carbocycles. The van der Waals surface area contributed by atoms with Crippen LogP contribution in [0.4, 0.5) is 0 Å². The molecule has 476 valence electrons. The standard InChI is InChI=1S/C64H82N8O16.Zn/c1-9-73-17-25-81-49-33-41-42(34-50(49)82-26-18-74-10-2)58-65-57(41)69-59-43-35-51(83-27-19-75-11-3)52(84-28-20-76-12-4)36-44(43)61(66-59)71-63-47-39-55(87-31-23-79-15-7)56(88-32-24-80-16-8)40-48(47)64(68-63)72-62-46-38-54(86-30-22-78-14-6)53(85-29-21-77-13-5)37-45(46)60(67-62)70-58;/h33-40H,9-32H2,1-8H3,(H2,65,66,67,68,69,70,71,72);. The van der Waals surface area contributed by atoms with E-state index >= 15 is 0 Å². The molecular formula is C64H82N8O16Zn. The summed E-state index contributed by atoms with van der Waals surface area (Å²) < 4.78 is 97.1. The Morgan fingerprint density at radius 2 is 0.404 bits per heavy atom. The van der Waals surface area contributed by atoms with Gasteiger partial charge in [0.25, 0.3) is 0 Å². The first-order valence-electron chi connectivity index (χ1n) is 30.5. The number of aromatic nitrogens is 8. The summed E-state index contributed by atoms with van der Waals surface area (Å²) in [5.41, 5.74) is 3.98. The maximum Gasteiger partial charge on any atom is 0.164 e. The molecule has 24 nitrogen and oxygen atoms in total. The number of benzene rings is 4. The number of rotatable bonds is 40. The zero-order chi connectivity index (χ0) is 61.5. The molecule has 8 bridgehead atoms. The predicted molar refractivity (Wildman–Crippen MR) is 332 cm³/mol. The number of hydrogen-bond donors (Lipinski definition) is 2. The van der Waals surface area contributed by atoms with Gasteiger partial charge in [0.15, 0.2) is 69.3 Å². The average molecular weight is 1280 g/mol. The Balaban J connectivity index is 0.0000102. The van der Waals surface area contributed by atoms with Crippen molar-refractivity contribution in [3.05, 3.63) is 48.5 Å². The number of nitrogens with one attached hydrogen (secondary N) is 2. The largest absolute Gasteiger partial charge is 0.487 e. The van der Waals surface area contributed by atoms with Gasteiger partial charge in [-0.3, -0.25) is 0 Å². The monoisotopic (exact) mass is 1280 g/mol. The average Bonchev–Trinajstić information content (AvgIpc) is 1.84. The van der Waals surface area contributed by atoms with Crippen molar-refractivity contribution in [1.29, 1.82) is 0 Å². The SMILES string of the molecule is CCOCCOc1cc2c(cc1OCCOCC)-c1nc-2nc2[nH]c(nc3nc(nc4[nH]c(n1)c1cc(OCCOCC)c(OCCOCC)cc41)-c1cc(OCCOCC)c(OCCOCC)cc1-3)c1cc(OCCOCC)c(OCCOCC)cc21.[Zn]. The van der Waals surface area contributed by atoms with Crippen LogP contribution >= 0.6 is 0 Å². The van der Waals surface area contributed by atoms with Crippen LogP contribution in [0.5, 0.6) is 46.0 Å². The molecule has 2 N–H and O–H groups in total. The summed E-state index contributed by atoms with van der Waals surface area (Å²) in [6, 6.07) is 15.0. The summed E-state index contributed by atoms with van der Waals surface area (Å²) in [5, 5.41) is 2.53. The van der Waals surface area contributed by atoms with Crippen LogP contribution < -0.4 is 37.9 Å². The van der Waals surface area contributed by atoms with E-state index in [0.717, 1.165) is 0 Å². The molecule has 9 rings (SSSR count). The number of ether oxygens (including phenoxy) is 16. The molecule has 25 heteroatoms. The van der Waals surface area contributed by atoms with Crippen LogP contribution in [-0.4, -0.2) is 198 Å². The van der Waals surface area contributed by atoms with Crippen LogP contribution in [-0.2, 0) is 57.4 Å². The van der Waals surface area contributed by atoms with Gasteiger partial charge in [-0.15, -0.1) is 0 Å². The third-order valence-corrected chi connectivity index (χ3v) is 13.6. The van der Waals surface area contributed by atoms with Crippen molar-refractivity contribution in [3.63, 3.8) is 0 Å². The summed E-state index contributed by atoms with van der Waals surface area (Å²) in [5.74, 6) is 4.81. The van der Waals surface area contributed by atoms with Crippen LogP contribution in [0.15, 0.2) is 48.5 Å². The first-order valence-corrected chi connectivity index (χ1v) is 30.5. The number of aromatic amines is 2. The summed E-state index contributed by atoms with van der Waals surface area (Å²) in [4.78, 5) is 39.2. The molecule has 89 heavy (non-hydrogen) atoms. The van der Waals surface area contributed by atoms with E-state index in [4.69, 9.17) is 106 Å². The van der Waals surface area contributed by atoms with Crippen molar-refractivity contribution in [1.82, 2.24) is 39.9 Å². The third-order valence-electron chi connectivity index (χ3n) is 13.6. The van der Waals surface area contributed by atoms with E-state index in [2.05, 4.69) is 9.97 Å². The van der Waals surface area contributed by atoms with Gasteiger partial charge < -0.3 is 85.8 Å².